The lowest BCUT2D eigenvalue weighted by atomic mass is 9.95. The van der Waals surface area contributed by atoms with Gasteiger partial charge in [0.15, 0.2) is 0 Å². The van der Waals surface area contributed by atoms with E-state index in [-0.39, 0.29) is 12.5 Å². The molecular formula is C13H15F2NO. The van der Waals surface area contributed by atoms with E-state index >= 15 is 0 Å². The number of ether oxygens (including phenoxy) is 1. The Hall–Kier alpha value is -1.16. The van der Waals surface area contributed by atoms with Gasteiger partial charge in [-0.05, 0) is 25.6 Å². The fraction of sp³-hybridized carbons (Fsp3) is 0.538. The van der Waals surface area contributed by atoms with E-state index in [1.807, 2.05) is 13.1 Å². The van der Waals surface area contributed by atoms with Crippen molar-refractivity contribution in [2.75, 3.05) is 13.7 Å². The molecule has 1 fully saturated rings. The molecule has 2 aliphatic rings. The molecular weight excluding hydrogens is 224 g/mol. The quantitative estimate of drug-likeness (QED) is 0.856. The first-order chi connectivity index (χ1) is 7.98. The third kappa shape index (κ3) is 1.40. The Morgan fingerprint density at radius 1 is 1.41 bits per heavy atom. The highest BCUT2D eigenvalue weighted by Crippen LogP contribution is 2.61. The zero-order valence-electron chi connectivity index (χ0n) is 9.89. The highest BCUT2D eigenvalue weighted by molar-refractivity contribution is 5.47. The molecule has 2 atom stereocenters. The predicted octanol–water partition coefficient (Wildman–Crippen LogP) is 2.64. The van der Waals surface area contributed by atoms with E-state index in [9.17, 15) is 8.78 Å². The second-order valence-electron chi connectivity index (χ2n) is 5.12. The predicted molar refractivity (Wildman–Crippen MR) is 60.7 cm³/mol. The summed E-state index contributed by atoms with van der Waals surface area (Å²) in [6, 6.07) is 5.65. The summed E-state index contributed by atoms with van der Waals surface area (Å²) in [7, 11) is 1.87. The number of hydrogen-bond donors (Lipinski definition) is 1. The molecule has 1 aromatic carbocycles. The van der Waals surface area contributed by atoms with Crippen LogP contribution in [0.25, 0.3) is 0 Å². The van der Waals surface area contributed by atoms with Crippen LogP contribution in [0, 0.1) is 0 Å². The van der Waals surface area contributed by atoms with E-state index < -0.39 is 11.3 Å². The minimum absolute atomic E-state index is 0.0613. The minimum atomic E-state index is -2.57. The van der Waals surface area contributed by atoms with E-state index in [2.05, 4.69) is 5.32 Å². The maximum absolute atomic E-state index is 13.3. The van der Waals surface area contributed by atoms with Gasteiger partial charge in [-0.2, -0.15) is 0 Å². The van der Waals surface area contributed by atoms with Gasteiger partial charge in [0, 0.05) is 12.0 Å². The van der Waals surface area contributed by atoms with Crippen LogP contribution in [-0.2, 0) is 5.41 Å². The van der Waals surface area contributed by atoms with E-state index in [0.717, 1.165) is 11.3 Å². The third-order valence-corrected chi connectivity index (χ3v) is 4.04. The highest BCUT2D eigenvalue weighted by Gasteiger charge is 2.68. The van der Waals surface area contributed by atoms with Gasteiger partial charge in [0.05, 0.1) is 11.5 Å². The lowest BCUT2D eigenvalue weighted by molar-refractivity contribution is 0.0920. The number of likely N-dealkylation sites (N-methyl/N-ethyl adjacent to an activating group) is 1. The van der Waals surface area contributed by atoms with Crippen LogP contribution >= 0.6 is 0 Å². The molecule has 0 radical (unpaired) electrons. The van der Waals surface area contributed by atoms with Crippen molar-refractivity contribution in [2.24, 2.45) is 0 Å². The maximum atomic E-state index is 13.3. The summed E-state index contributed by atoms with van der Waals surface area (Å²) < 4.78 is 32.1. The zero-order valence-corrected chi connectivity index (χ0v) is 9.89. The average Bonchev–Trinajstić information content (AvgIpc) is 2.68. The number of rotatable bonds is 2. The van der Waals surface area contributed by atoms with E-state index in [0.29, 0.717) is 12.2 Å². The van der Waals surface area contributed by atoms with Crippen LogP contribution in [-0.4, -0.2) is 19.6 Å². The number of alkyl halides is 2. The zero-order chi connectivity index (χ0) is 12.3. The summed E-state index contributed by atoms with van der Waals surface area (Å²) in [5.74, 6) is -1.83. The van der Waals surface area contributed by atoms with Crippen molar-refractivity contribution in [2.45, 2.75) is 30.7 Å². The first-order valence-corrected chi connectivity index (χ1v) is 5.80. The minimum Gasteiger partial charge on any atom is -0.491 e. The molecule has 1 heterocycles. The fourth-order valence-electron chi connectivity index (χ4n) is 2.51. The van der Waals surface area contributed by atoms with Gasteiger partial charge in [0.2, 0.25) is 0 Å². The standard InChI is InChI=1S/C13H15F2NO/c1-12(7-13(12,14)15)8-3-4-9-10(16-2)6-17-11(9)5-8/h3-5,10,16H,6-7H2,1-2H3/t10-,12?/m1/s1. The molecule has 1 aliphatic carbocycles. The van der Waals surface area contributed by atoms with Gasteiger partial charge in [-0.1, -0.05) is 12.1 Å². The number of hydrogen-bond acceptors (Lipinski definition) is 2. The Morgan fingerprint density at radius 2 is 2.12 bits per heavy atom. The van der Waals surface area contributed by atoms with Crippen molar-refractivity contribution >= 4 is 0 Å². The Morgan fingerprint density at radius 3 is 2.71 bits per heavy atom. The van der Waals surface area contributed by atoms with Crippen molar-refractivity contribution in [3.05, 3.63) is 29.3 Å². The van der Waals surface area contributed by atoms with Crippen LogP contribution in [0.3, 0.4) is 0 Å². The second kappa shape index (κ2) is 3.19. The van der Waals surface area contributed by atoms with Crippen molar-refractivity contribution < 1.29 is 13.5 Å². The van der Waals surface area contributed by atoms with Crippen LogP contribution in [0.5, 0.6) is 5.75 Å². The molecule has 0 amide bonds. The summed E-state index contributed by atoms with van der Waals surface area (Å²) in [5.41, 5.74) is 0.741. The van der Waals surface area contributed by atoms with Crippen LogP contribution in [0.1, 0.15) is 30.5 Å². The summed E-state index contributed by atoms with van der Waals surface area (Å²) >= 11 is 0. The Balaban J connectivity index is 1.96. The smallest absolute Gasteiger partial charge is 0.258 e. The summed E-state index contributed by atoms with van der Waals surface area (Å²) in [6.45, 7) is 2.18. The molecule has 4 heteroatoms. The number of halogens is 2. The van der Waals surface area contributed by atoms with Gasteiger partial charge in [-0.25, -0.2) is 8.78 Å². The third-order valence-electron chi connectivity index (χ3n) is 4.04. The molecule has 0 aromatic heterocycles. The van der Waals surface area contributed by atoms with Crippen molar-refractivity contribution in [1.29, 1.82) is 0 Å². The lowest BCUT2D eigenvalue weighted by Gasteiger charge is -2.12. The monoisotopic (exact) mass is 239 g/mol. The van der Waals surface area contributed by atoms with Gasteiger partial charge in [0.25, 0.3) is 5.92 Å². The molecule has 1 N–H and O–H groups in total. The van der Waals surface area contributed by atoms with E-state index in [1.54, 1.807) is 19.1 Å². The Labute approximate surface area is 99.0 Å². The fourth-order valence-corrected chi connectivity index (χ4v) is 2.51. The van der Waals surface area contributed by atoms with Gasteiger partial charge >= 0.3 is 0 Å². The summed E-state index contributed by atoms with van der Waals surface area (Å²) in [6.07, 6.45) is -0.0613. The lowest BCUT2D eigenvalue weighted by Crippen LogP contribution is -2.17. The number of nitrogens with one attached hydrogen (secondary N) is 1. The molecule has 1 saturated carbocycles. The second-order valence-corrected chi connectivity index (χ2v) is 5.12. The molecule has 1 unspecified atom stereocenters. The van der Waals surface area contributed by atoms with Gasteiger partial charge in [-0.3, -0.25) is 0 Å². The average molecular weight is 239 g/mol. The van der Waals surface area contributed by atoms with Gasteiger partial charge < -0.3 is 10.1 Å². The SMILES string of the molecule is CN[C@@H]1COc2cc(C3(C)CC3(F)F)ccc21. The normalized spacial score (nSPS) is 33.1. The Kier molecular flexibility index (Phi) is 2.06. The van der Waals surface area contributed by atoms with Crippen molar-refractivity contribution in [3.63, 3.8) is 0 Å². The molecule has 3 rings (SSSR count). The van der Waals surface area contributed by atoms with Crippen LogP contribution < -0.4 is 10.1 Å². The summed E-state index contributed by atoms with van der Waals surface area (Å²) in [4.78, 5) is 0. The molecule has 0 bridgehead atoms. The van der Waals surface area contributed by atoms with Gasteiger partial charge in [-0.15, -0.1) is 0 Å². The van der Waals surface area contributed by atoms with Crippen LogP contribution in [0.2, 0.25) is 0 Å². The summed E-state index contributed by atoms with van der Waals surface area (Å²) in [5, 5.41) is 3.14. The molecule has 17 heavy (non-hydrogen) atoms. The number of fused-ring (bicyclic) bond motifs is 1. The van der Waals surface area contributed by atoms with Crippen LogP contribution in [0.4, 0.5) is 8.78 Å². The Bertz CT molecular complexity index is 474. The molecule has 0 spiro atoms. The van der Waals surface area contributed by atoms with Crippen molar-refractivity contribution in [1.82, 2.24) is 5.32 Å². The molecule has 1 aliphatic heterocycles. The van der Waals surface area contributed by atoms with E-state index in [4.69, 9.17) is 4.74 Å². The van der Waals surface area contributed by atoms with Crippen LogP contribution in [0.15, 0.2) is 18.2 Å². The first-order valence-electron chi connectivity index (χ1n) is 5.80. The maximum Gasteiger partial charge on any atom is 0.258 e. The molecule has 1 aromatic rings. The molecule has 92 valence electrons. The largest absolute Gasteiger partial charge is 0.491 e. The highest BCUT2D eigenvalue weighted by atomic mass is 19.3. The molecule has 2 nitrogen and oxygen atoms in total. The number of benzene rings is 1. The molecule has 0 saturated heterocycles. The topological polar surface area (TPSA) is 21.3 Å². The van der Waals surface area contributed by atoms with E-state index in [1.165, 1.54) is 0 Å². The van der Waals surface area contributed by atoms with Crippen molar-refractivity contribution in [3.8, 4) is 5.75 Å². The van der Waals surface area contributed by atoms with Gasteiger partial charge in [0.1, 0.15) is 12.4 Å². The first kappa shape index (κ1) is 11.0.